The number of hydrogen-bond acceptors (Lipinski definition) is 4. The maximum atomic E-state index is 12.2. The highest BCUT2D eigenvalue weighted by Gasteiger charge is 2.18. The summed E-state index contributed by atoms with van der Waals surface area (Å²) in [5.41, 5.74) is 3.39. The number of carbonyl (C=O) groups excluding carboxylic acids is 1. The summed E-state index contributed by atoms with van der Waals surface area (Å²) in [4.78, 5) is 13.2. The second-order valence-electron chi connectivity index (χ2n) is 6.15. The van der Waals surface area contributed by atoms with Gasteiger partial charge in [0.2, 0.25) is 0 Å². The highest BCUT2D eigenvalue weighted by molar-refractivity contribution is 7.80. The smallest absolute Gasteiger partial charge is 0.340 e. The molecule has 3 aromatic rings. The van der Waals surface area contributed by atoms with Crippen molar-refractivity contribution < 1.29 is 9.53 Å². The van der Waals surface area contributed by atoms with Crippen LogP contribution in [-0.2, 0) is 11.2 Å². The van der Waals surface area contributed by atoms with Crippen LogP contribution in [0.25, 0.3) is 0 Å². The first kappa shape index (κ1) is 20.3. The lowest BCUT2D eigenvalue weighted by Gasteiger charge is -2.11. The number of hydrogen-bond donors (Lipinski definition) is 2. The molecule has 0 unspecified atom stereocenters. The van der Waals surface area contributed by atoms with Gasteiger partial charge in [-0.05, 0) is 48.5 Å². The van der Waals surface area contributed by atoms with E-state index >= 15 is 0 Å². The van der Waals surface area contributed by atoms with E-state index < -0.39 is 5.97 Å². The summed E-state index contributed by atoms with van der Waals surface area (Å²) in [5.74, 6) is -0.403. The predicted octanol–water partition coefficient (Wildman–Crippen LogP) is 5.90. The van der Waals surface area contributed by atoms with Gasteiger partial charge in [-0.15, -0.1) is 11.3 Å². The van der Waals surface area contributed by atoms with E-state index in [1.807, 2.05) is 43.3 Å². The minimum absolute atomic E-state index is 0.373. The number of carbonyl (C=O) groups is 1. The SMILES string of the molecule is COC(=O)c1cc(Cc2ccccc2)sc1NC(=S)Nc1ccc(C)c(Cl)c1. The Balaban J connectivity index is 1.78. The summed E-state index contributed by atoms with van der Waals surface area (Å²) in [7, 11) is 1.37. The fraction of sp³-hybridized carbons (Fsp3) is 0.143. The Labute approximate surface area is 178 Å². The Bertz CT molecular complexity index is 1000. The summed E-state index contributed by atoms with van der Waals surface area (Å²) in [6.45, 7) is 1.94. The molecule has 0 fully saturated rings. The molecule has 1 aromatic heterocycles. The molecule has 0 saturated heterocycles. The molecule has 2 N–H and O–H groups in total. The van der Waals surface area contributed by atoms with E-state index in [2.05, 4.69) is 22.8 Å². The van der Waals surface area contributed by atoms with Crippen LogP contribution in [0.4, 0.5) is 10.7 Å². The van der Waals surface area contributed by atoms with Gasteiger partial charge in [0.1, 0.15) is 5.00 Å². The van der Waals surface area contributed by atoms with Crippen molar-refractivity contribution in [2.45, 2.75) is 13.3 Å². The third-order valence-electron chi connectivity index (χ3n) is 4.07. The zero-order chi connectivity index (χ0) is 20.1. The minimum atomic E-state index is -0.403. The summed E-state index contributed by atoms with van der Waals surface area (Å²) in [5, 5.41) is 7.88. The first-order valence-electron chi connectivity index (χ1n) is 8.55. The molecule has 0 saturated carbocycles. The van der Waals surface area contributed by atoms with E-state index in [0.29, 0.717) is 20.7 Å². The number of nitrogens with one attached hydrogen (secondary N) is 2. The van der Waals surface area contributed by atoms with Crippen LogP contribution in [0.5, 0.6) is 0 Å². The Morgan fingerprint density at radius 1 is 1.14 bits per heavy atom. The third kappa shape index (κ3) is 5.10. The van der Waals surface area contributed by atoms with Crippen molar-refractivity contribution in [3.8, 4) is 0 Å². The first-order valence-corrected chi connectivity index (χ1v) is 10.2. The third-order valence-corrected chi connectivity index (χ3v) is 5.73. The van der Waals surface area contributed by atoms with Crippen molar-refractivity contribution in [2.75, 3.05) is 17.7 Å². The molecule has 3 rings (SSSR count). The average Bonchev–Trinajstić information content (AvgIpc) is 3.06. The van der Waals surface area contributed by atoms with Gasteiger partial charge in [-0.2, -0.15) is 0 Å². The molecule has 0 aliphatic heterocycles. The first-order chi connectivity index (χ1) is 13.5. The number of esters is 1. The molecule has 28 heavy (non-hydrogen) atoms. The Kier molecular flexibility index (Phi) is 6.67. The van der Waals surface area contributed by atoms with Crippen LogP contribution < -0.4 is 10.6 Å². The van der Waals surface area contributed by atoms with E-state index in [1.54, 1.807) is 6.07 Å². The average molecular weight is 431 g/mol. The van der Waals surface area contributed by atoms with E-state index in [9.17, 15) is 4.79 Å². The lowest BCUT2D eigenvalue weighted by atomic mass is 10.1. The number of thiocarbonyl (C=S) groups is 1. The van der Waals surface area contributed by atoms with Crippen LogP contribution in [0, 0.1) is 6.92 Å². The van der Waals surface area contributed by atoms with E-state index in [-0.39, 0.29) is 0 Å². The highest BCUT2D eigenvalue weighted by atomic mass is 35.5. The molecule has 1 heterocycles. The maximum Gasteiger partial charge on any atom is 0.340 e. The molecule has 0 radical (unpaired) electrons. The van der Waals surface area contributed by atoms with Crippen LogP contribution in [0.1, 0.15) is 26.4 Å². The number of ether oxygens (including phenoxy) is 1. The molecule has 0 atom stereocenters. The molecular weight excluding hydrogens is 412 g/mol. The van der Waals surface area contributed by atoms with Crippen molar-refractivity contribution in [3.63, 3.8) is 0 Å². The van der Waals surface area contributed by atoms with Crippen molar-refractivity contribution >= 4 is 56.9 Å². The molecule has 144 valence electrons. The second-order valence-corrected chi connectivity index (χ2v) is 8.10. The van der Waals surface area contributed by atoms with Gasteiger partial charge in [-0.25, -0.2) is 4.79 Å². The van der Waals surface area contributed by atoms with Crippen LogP contribution in [-0.4, -0.2) is 18.2 Å². The van der Waals surface area contributed by atoms with Gasteiger partial charge >= 0.3 is 5.97 Å². The number of methoxy groups -OCH3 is 1. The molecule has 2 aromatic carbocycles. The van der Waals surface area contributed by atoms with Crippen molar-refractivity contribution in [1.29, 1.82) is 0 Å². The van der Waals surface area contributed by atoms with Gasteiger partial charge in [-0.1, -0.05) is 48.0 Å². The van der Waals surface area contributed by atoms with Crippen molar-refractivity contribution in [3.05, 3.63) is 81.2 Å². The van der Waals surface area contributed by atoms with E-state index in [1.165, 1.54) is 24.0 Å². The fourth-order valence-corrected chi connectivity index (χ4v) is 4.16. The topological polar surface area (TPSA) is 50.4 Å². The van der Waals surface area contributed by atoms with Crippen LogP contribution in [0.3, 0.4) is 0 Å². The largest absolute Gasteiger partial charge is 0.465 e. The van der Waals surface area contributed by atoms with Gasteiger partial charge < -0.3 is 15.4 Å². The molecule has 4 nitrogen and oxygen atoms in total. The lowest BCUT2D eigenvalue weighted by molar-refractivity contribution is 0.0602. The molecular formula is C21H19ClN2O2S2. The Hall–Kier alpha value is -2.41. The van der Waals surface area contributed by atoms with Gasteiger partial charge in [0.25, 0.3) is 0 Å². The van der Waals surface area contributed by atoms with Crippen molar-refractivity contribution in [2.24, 2.45) is 0 Å². The van der Waals surface area contributed by atoms with E-state index in [4.69, 9.17) is 28.6 Å². The standard InChI is InChI=1S/C21H19ClN2O2S2/c1-13-8-9-15(11-18(13)22)23-21(27)24-19-17(20(25)26-2)12-16(28-19)10-14-6-4-3-5-7-14/h3-9,11-12H,10H2,1-2H3,(H2,23,24,27). The molecule has 0 amide bonds. The van der Waals surface area contributed by atoms with Crippen LogP contribution in [0.15, 0.2) is 54.6 Å². The van der Waals surface area contributed by atoms with E-state index in [0.717, 1.165) is 22.5 Å². The number of halogens is 1. The summed E-state index contributed by atoms with van der Waals surface area (Å²) in [6, 6.07) is 17.5. The normalized spacial score (nSPS) is 10.4. The van der Waals surface area contributed by atoms with Crippen molar-refractivity contribution in [1.82, 2.24) is 0 Å². The Morgan fingerprint density at radius 3 is 2.57 bits per heavy atom. The van der Waals surface area contributed by atoms with Gasteiger partial charge in [0, 0.05) is 22.0 Å². The second kappa shape index (κ2) is 9.19. The number of thiophene rings is 1. The quantitative estimate of drug-likeness (QED) is 0.390. The monoisotopic (exact) mass is 430 g/mol. The number of aryl methyl sites for hydroxylation is 1. The molecule has 0 aliphatic rings. The fourth-order valence-electron chi connectivity index (χ4n) is 2.62. The zero-order valence-corrected chi connectivity index (χ0v) is 17.8. The van der Waals surface area contributed by atoms with Crippen LogP contribution in [0.2, 0.25) is 5.02 Å². The Morgan fingerprint density at radius 2 is 1.89 bits per heavy atom. The van der Waals surface area contributed by atoms with Gasteiger partial charge in [-0.3, -0.25) is 0 Å². The predicted molar refractivity (Wildman–Crippen MR) is 121 cm³/mol. The summed E-state index contributed by atoms with van der Waals surface area (Å²) in [6.07, 6.45) is 0.727. The minimum Gasteiger partial charge on any atom is -0.465 e. The molecule has 0 bridgehead atoms. The number of rotatable bonds is 5. The molecule has 0 spiro atoms. The van der Waals surface area contributed by atoms with Gasteiger partial charge in [0.05, 0.1) is 12.7 Å². The lowest BCUT2D eigenvalue weighted by Crippen LogP contribution is -2.19. The summed E-state index contributed by atoms with van der Waals surface area (Å²) < 4.78 is 4.92. The molecule has 7 heteroatoms. The number of anilines is 2. The summed E-state index contributed by atoms with van der Waals surface area (Å²) >= 11 is 13.0. The molecule has 0 aliphatic carbocycles. The zero-order valence-electron chi connectivity index (χ0n) is 15.4. The number of benzene rings is 2. The van der Waals surface area contributed by atoms with Gasteiger partial charge in [0.15, 0.2) is 5.11 Å². The highest BCUT2D eigenvalue weighted by Crippen LogP contribution is 2.31. The van der Waals surface area contributed by atoms with Crippen LogP contribution >= 0.6 is 35.2 Å². The maximum absolute atomic E-state index is 12.2.